The van der Waals surface area contributed by atoms with Crippen molar-refractivity contribution in [1.82, 2.24) is 9.88 Å². The van der Waals surface area contributed by atoms with Crippen molar-refractivity contribution in [1.29, 1.82) is 0 Å². The van der Waals surface area contributed by atoms with Crippen molar-refractivity contribution in [3.8, 4) is 0 Å². The molecule has 0 spiro atoms. The fourth-order valence-corrected chi connectivity index (χ4v) is 3.28. The van der Waals surface area contributed by atoms with Crippen molar-refractivity contribution < 1.29 is 14.3 Å². The highest BCUT2D eigenvalue weighted by Crippen LogP contribution is 2.15. The Labute approximate surface area is 164 Å². The Kier molecular flexibility index (Phi) is 8.71. The van der Waals surface area contributed by atoms with Gasteiger partial charge in [-0.1, -0.05) is 50.1 Å². The van der Waals surface area contributed by atoms with Crippen LogP contribution in [0.3, 0.4) is 0 Å². The molecule has 1 aromatic heterocycles. The topological polar surface area (TPSA) is 59.5 Å². The van der Waals surface area contributed by atoms with Crippen LogP contribution in [0, 0.1) is 0 Å². The number of thiazole rings is 1. The largest absolute Gasteiger partial charge is 0.461 e. The van der Waals surface area contributed by atoms with E-state index in [-0.39, 0.29) is 5.91 Å². The van der Waals surface area contributed by atoms with Gasteiger partial charge in [0.05, 0.1) is 13.2 Å². The van der Waals surface area contributed by atoms with Crippen molar-refractivity contribution in [3.05, 3.63) is 58.1 Å². The number of hydrogen-bond acceptors (Lipinski definition) is 5. The van der Waals surface area contributed by atoms with E-state index in [1.165, 1.54) is 11.3 Å². The highest BCUT2D eigenvalue weighted by molar-refractivity contribution is 7.09. The first kappa shape index (κ1) is 20.8. The molecule has 2 aromatic rings. The molecule has 0 saturated heterocycles. The second-order valence-corrected chi connectivity index (χ2v) is 7.00. The Morgan fingerprint density at radius 2 is 1.96 bits per heavy atom. The monoisotopic (exact) mass is 386 g/mol. The van der Waals surface area contributed by atoms with Gasteiger partial charge in [0.1, 0.15) is 5.01 Å². The summed E-state index contributed by atoms with van der Waals surface area (Å²) in [5, 5.41) is 2.41. The van der Waals surface area contributed by atoms with Crippen LogP contribution in [0.4, 0.5) is 0 Å². The van der Waals surface area contributed by atoms with E-state index < -0.39 is 5.97 Å². The van der Waals surface area contributed by atoms with Crippen molar-refractivity contribution in [2.75, 3.05) is 13.2 Å². The molecule has 0 aliphatic carbocycles. The Bertz CT molecular complexity index is 756. The van der Waals surface area contributed by atoms with E-state index in [9.17, 15) is 9.59 Å². The van der Waals surface area contributed by atoms with E-state index in [0.717, 1.165) is 29.8 Å². The molecule has 144 valence electrons. The summed E-state index contributed by atoms with van der Waals surface area (Å²) in [4.78, 5) is 30.6. The number of aromatic nitrogens is 1. The van der Waals surface area contributed by atoms with Crippen LogP contribution in [-0.4, -0.2) is 34.9 Å². The summed E-state index contributed by atoms with van der Waals surface area (Å²) in [5.41, 5.74) is 1.29. The summed E-state index contributed by atoms with van der Waals surface area (Å²) < 4.78 is 4.97. The molecule has 0 radical (unpaired) electrons. The molecule has 5 nitrogen and oxygen atoms in total. The van der Waals surface area contributed by atoms with E-state index in [0.29, 0.717) is 25.4 Å². The first-order valence-electron chi connectivity index (χ1n) is 9.27. The minimum atomic E-state index is -0.423. The molecule has 1 aromatic carbocycles. The third kappa shape index (κ3) is 6.98. The SMILES string of the molecule is CCCCCN(Cc1nc(C(=O)OCC)cs1)C(=O)/C=C/c1ccccc1. The smallest absolute Gasteiger partial charge is 0.357 e. The van der Waals surface area contributed by atoms with Gasteiger partial charge in [0.15, 0.2) is 5.69 Å². The highest BCUT2D eigenvalue weighted by Gasteiger charge is 2.16. The molecule has 6 heteroatoms. The average molecular weight is 387 g/mol. The standard InChI is InChI=1S/C21H26N2O3S/c1-3-5-9-14-23(20(24)13-12-17-10-7-6-8-11-17)15-19-22-18(16-27-19)21(25)26-4-2/h6-8,10-13,16H,3-5,9,14-15H2,1-2H3/b13-12+. The molecule has 27 heavy (non-hydrogen) atoms. The number of benzene rings is 1. The number of carbonyl (C=O) groups excluding carboxylic acids is 2. The first-order chi connectivity index (χ1) is 13.1. The van der Waals surface area contributed by atoms with Gasteiger partial charge in [0, 0.05) is 18.0 Å². The number of nitrogens with zero attached hydrogens (tertiary/aromatic N) is 2. The first-order valence-corrected chi connectivity index (χ1v) is 10.2. The number of unbranched alkanes of at least 4 members (excludes halogenated alkanes) is 2. The quantitative estimate of drug-likeness (QED) is 0.341. The molecule has 1 heterocycles. The van der Waals surface area contributed by atoms with Crippen LogP contribution in [0.25, 0.3) is 6.08 Å². The zero-order valence-corrected chi connectivity index (χ0v) is 16.7. The second kappa shape index (κ2) is 11.3. The Morgan fingerprint density at radius 3 is 2.67 bits per heavy atom. The fourth-order valence-electron chi connectivity index (χ4n) is 2.50. The Balaban J connectivity index is 2.05. The normalized spacial score (nSPS) is 10.9. The predicted molar refractivity (Wildman–Crippen MR) is 108 cm³/mol. The molecule has 0 unspecified atom stereocenters. The maximum atomic E-state index is 12.7. The van der Waals surface area contributed by atoms with Gasteiger partial charge in [-0.15, -0.1) is 11.3 Å². The maximum Gasteiger partial charge on any atom is 0.357 e. The van der Waals surface area contributed by atoms with Crippen LogP contribution in [0.2, 0.25) is 0 Å². The van der Waals surface area contributed by atoms with E-state index >= 15 is 0 Å². The van der Waals surface area contributed by atoms with E-state index in [1.807, 2.05) is 36.4 Å². The minimum Gasteiger partial charge on any atom is -0.461 e. The highest BCUT2D eigenvalue weighted by atomic mass is 32.1. The van der Waals surface area contributed by atoms with Gasteiger partial charge in [0.2, 0.25) is 5.91 Å². The molecule has 0 aliphatic heterocycles. The van der Waals surface area contributed by atoms with Gasteiger partial charge >= 0.3 is 5.97 Å². The Morgan fingerprint density at radius 1 is 1.19 bits per heavy atom. The van der Waals surface area contributed by atoms with Gasteiger partial charge in [-0.3, -0.25) is 4.79 Å². The van der Waals surface area contributed by atoms with E-state index in [2.05, 4.69) is 11.9 Å². The average Bonchev–Trinajstić information content (AvgIpc) is 3.15. The van der Waals surface area contributed by atoms with Crippen LogP contribution in [0.1, 0.15) is 54.2 Å². The zero-order valence-electron chi connectivity index (χ0n) is 15.9. The van der Waals surface area contributed by atoms with Crippen molar-refractivity contribution in [3.63, 3.8) is 0 Å². The van der Waals surface area contributed by atoms with Gasteiger partial charge in [-0.05, 0) is 25.0 Å². The third-order valence-corrected chi connectivity index (χ3v) is 4.76. The molecule has 2 rings (SSSR count). The van der Waals surface area contributed by atoms with Crippen LogP contribution in [0.15, 0.2) is 41.8 Å². The summed E-state index contributed by atoms with van der Waals surface area (Å²) in [5.74, 6) is -0.476. The fraction of sp³-hybridized carbons (Fsp3) is 0.381. The summed E-state index contributed by atoms with van der Waals surface area (Å²) in [7, 11) is 0. The lowest BCUT2D eigenvalue weighted by Crippen LogP contribution is -2.30. The number of rotatable bonds is 10. The zero-order chi connectivity index (χ0) is 19.5. The van der Waals surface area contributed by atoms with E-state index in [4.69, 9.17) is 4.74 Å². The molecule has 0 N–H and O–H groups in total. The van der Waals surface area contributed by atoms with Crippen molar-refractivity contribution in [2.45, 2.75) is 39.7 Å². The predicted octanol–water partition coefficient (Wildman–Crippen LogP) is 4.55. The lowest BCUT2D eigenvalue weighted by molar-refractivity contribution is -0.126. The molecule has 0 saturated carbocycles. The lowest BCUT2D eigenvalue weighted by Gasteiger charge is -2.20. The molecule has 0 atom stereocenters. The summed E-state index contributed by atoms with van der Waals surface area (Å²) in [6.45, 7) is 5.27. The van der Waals surface area contributed by atoms with Gasteiger partial charge in [-0.2, -0.15) is 0 Å². The van der Waals surface area contributed by atoms with Crippen LogP contribution in [-0.2, 0) is 16.1 Å². The molecule has 1 amide bonds. The van der Waals surface area contributed by atoms with E-state index in [1.54, 1.807) is 23.3 Å². The molecule has 0 fully saturated rings. The van der Waals surface area contributed by atoms with Gasteiger partial charge in [-0.25, -0.2) is 9.78 Å². The van der Waals surface area contributed by atoms with Crippen molar-refractivity contribution in [2.24, 2.45) is 0 Å². The molecular formula is C21H26N2O3S. The maximum absolute atomic E-state index is 12.7. The van der Waals surface area contributed by atoms with Crippen LogP contribution >= 0.6 is 11.3 Å². The summed E-state index contributed by atoms with van der Waals surface area (Å²) in [6.07, 6.45) is 6.52. The Hall–Kier alpha value is -2.47. The second-order valence-electron chi connectivity index (χ2n) is 6.06. The van der Waals surface area contributed by atoms with Gasteiger partial charge < -0.3 is 9.64 Å². The molecule has 0 bridgehead atoms. The van der Waals surface area contributed by atoms with Crippen molar-refractivity contribution >= 4 is 29.3 Å². The molecular weight excluding hydrogens is 360 g/mol. The number of carbonyl (C=O) groups is 2. The lowest BCUT2D eigenvalue weighted by atomic mass is 10.2. The number of ether oxygens (including phenoxy) is 1. The minimum absolute atomic E-state index is 0.0529. The summed E-state index contributed by atoms with van der Waals surface area (Å²) in [6, 6.07) is 9.74. The number of esters is 1. The summed E-state index contributed by atoms with van der Waals surface area (Å²) >= 11 is 1.37. The molecule has 0 aliphatic rings. The third-order valence-electron chi connectivity index (χ3n) is 3.92. The van der Waals surface area contributed by atoms with Gasteiger partial charge in [0.25, 0.3) is 0 Å². The number of hydrogen-bond donors (Lipinski definition) is 0. The van der Waals surface area contributed by atoms with Crippen LogP contribution < -0.4 is 0 Å². The van der Waals surface area contributed by atoms with Crippen LogP contribution in [0.5, 0.6) is 0 Å². The number of amides is 1.